The number of aromatic nitrogens is 2. The van der Waals surface area contributed by atoms with Gasteiger partial charge in [-0.15, -0.1) is 0 Å². The van der Waals surface area contributed by atoms with Crippen LogP contribution in [0.5, 0.6) is 0 Å². The smallest absolute Gasteiger partial charge is 0.250 e. The second-order valence-corrected chi connectivity index (χ2v) is 10.1. The summed E-state index contributed by atoms with van der Waals surface area (Å²) >= 11 is 5.91. The number of benzene rings is 2. The number of hydrogen-bond acceptors (Lipinski definition) is 4. The van der Waals surface area contributed by atoms with Crippen molar-refractivity contribution in [1.82, 2.24) is 14.9 Å². The molecule has 3 heterocycles. The van der Waals surface area contributed by atoms with Gasteiger partial charge < -0.3 is 24.8 Å². The van der Waals surface area contributed by atoms with Crippen molar-refractivity contribution < 1.29 is 9.53 Å². The number of carbonyl (C=O) groups excluding carboxylic acids is 1. The van der Waals surface area contributed by atoms with Crippen molar-refractivity contribution in [2.45, 2.75) is 39.3 Å². The molecular weight excluding hydrogens is 506 g/mol. The van der Waals surface area contributed by atoms with Crippen LogP contribution in [-0.2, 0) is 16.0 Å². The van der Waals surface area contributed by atoms with E-state index in [4.69, 9.17) is 17.0 Å². The second-order valence-electron chi connectivity index (χ2n) is 9.71. The number of nitrogens with zero attached hydrogens (tertiary/aromatic N) is 3. The van der Waals surface area contributed by atoms with Crippen LogP contribution in [0.1, 0.15) is 47.2 Å². The molecule has 0 unspecified atom stereocenters. The molecule has 1 aliphatic heterocycles. The van der Waals surface area contributed by atoms with Crippen molar-refractivity contribution in [2.75, 3.05) is 23.9 Å². The van der Waals surface area contributed by atoms with Crippen molar-refractivity contribution in [2.24, 2.45) is 0 Å². The molecule has 8 heteroatoms. The van der Waals surface area contributed by atoms with Crippen LogP contribution >= 0.6 is 12.2 Å². The normalized spacial score (nSPS) is 16.8. The first-order chi connectivity index (χ1) is 18.9. The Balaban J connectivity index is 1.57. The quantitative estimate of drug-likeness (QED) is 0.275. The zero-order valence-electron chi connectivity index (χ0n) is 22.6. The first-order valence-corrected chi connectivity index (χ1v) is 13.5. The molecule has 2 atom stereocenters. The van der Waals surface area contributed by atoms with Gasteiger partial charge in [0.15, 0.2) is 5.11 Å². The number of amides is 1. The summed E-state index contributed by atoms with van der Waals surface area (Å²) in [5.41, 5.74) is 8.49. The van der Waals surface area contributed by atoms with E-state index in [-0.39, 0.29) is 24.6 Å². The largest absolute Gasteiger partial charge is 0.375 e. The highest BCUT2D eigenvalue weighted by Crippen LogP contribution is 2.44. The highest BCUT2D eigenvalue weighted by atomic mass is 32.1. The van der Waals surface area contributed by atoms with E-state index >= 15 is 0 Å². The van der Waals surface area contributed by atoms with E-state index in [1.165, 1.54) is 18.2 Å². The highest BCUT2D eigenvalue weighted by molar-refractivity contribution is 7.80. The van der Waals surface area contributed by atoms with E-state index in [0.29, 0.717) is 10.8 Å². The van der Waals surface area contributed by atoms with Crippen LogP contribution in [0.15, 0.2) is 79.0 Å². The number of hydrogen-bond donors (Lipinski definition) is 2. The molecule has 0 radical (unpaired) electrons. The summed E-state index contributed by atoms with van der Waals surface area (Å²) in [6.07, 6.45) is 2.83. The Morgan fingerprint density at radius 1 is 1.05 bits per heavy atom. The lowest BCUT2D eigenvalue weighted by Crippen LogP contribution is -2.29. The van der Waals surface area contributed by atoms with Crippen molar-refractivity contribution in [3.05, 3.63) is 107 Å². The van der Waals surface area contributed by atoms with Gasteiger partial charge in [-0.3, -0.25) is 9.78 Å². The Bertz CT molecular complexity index is 1470. The van der Waals surface area contributed by atoms with Crippen molar-refractivity contribution in [1.29, 1.82) is 0 Å². The van der Waals surface area contributed by atoms with Gasteiger partial charge in [0, 0.05) is 41.8 Å². The summed E-state index contributed by atoms with van der Waals surface area (Å²) < 4.78 is 7.23. The predicted octanol–water partition coefficient (Wildman–Crippen LogP) is 5.81. The van der Waals surface area contributed by atoms with Gasteiger partial charge >= 0.3 is 0 Å². The lowest BCUT2D eigenvalue weighted by atomic mass is 9.96. The zero-order chi connectivity index (χ0) is 27.5. The summed E-state index contributed by atoms with van der Waals surface area (Å²) in [4.78, 5) is 18.8. The number of anilines is 2. The summed E-state index contributed by atoms with van der Waals surface area (Å²) in [6.45, 7) is 6.48. The molecule has 2 aromatic heterocycles. The molecule has 39 heavy (non-hydrogen) atoms. The average molecular weight is 540 g/mol. The molecule has 7 nitrogen and oxygen atoms in total. The van der Waals surface area contributed by atoms with Crippen LogP contribution in [0.25, 0.3) is 5.69 Å². The van der Waals surface area contributed by atoms with Crippen LogP contribution in [-0.4, -0.2) is 34.3 Å². The molecule has 1 saturated heterocycles. The van der Waals surface area contributed by atoms with Crippen LogP contribution in [0.2, 0.25) is 0 Å². The minimum atomic E-state index is -0.198. The molecule has 4 aromatic rings. The fourth-order valence-electron chi connectivity index (χ4n) is 5.35. The average Bonchev–Trinajstić information content (AvgIpc) is 3.44. The number of thiocarbonyl (C=S) groups is 1. The van der Waals surface area contributed by atoms with Crippen LogP contribution in [0, 0.1) is 13.8 Å². The monoisotopic (exact) mass is 539 g/mol. The molecule has 0 spiro atoms. The minimum absolute atomic E-state index is 0.00645. The molecule has 5 rings (SSSR count). The number of ether oxygens (including phenoxy) is 1. The molecule has 0 bridgehead atoms. The van der Waals surface area contributed by atoms with Gasteiger partial charge in [0.05, 0.1) is 17.8 Å². The maximum absolute atomic E-state index is 12.0. The number of carbonyl (C=O) groups is 1. The Morgan fingerprint density at radius 3 is 2.41 bits per heavy atom. The lowest BCUT2D eigenvalue weighted by molar-refractivity contribution is -0.119. The number of pyridine rings is 1. The maximum atomic E-state index is 12.0. The van der Waals surface area contributed by atoms with Gasteiger partial charge in [0.25, 0.3) is 0 Å². The van der Waals surface area contributed by atoms with Crippen molar-refractivity contribution in [3.63, 3.8) is 0 Å². The Hall–Kier alpha value is -4.01. The standard InChI is InChI=1S/C31H33N5O2S/c1-5-22-9-13-24(14-10-22)35-20(2)18-26(21(35)3)30-29(27-8-6-7-17-32-27)34-31(39)36(30)25-15-11-23(12-16-25)33-28(37)19-38-4/h6-18,29-30H,5,19H2,1-4H3,(H,33,37)(H,34,39)/t29-,30-/m0/s1. The lowest BCUT2D eigenvalue weighted by Gasteiger charge is -2.28. The molecule has 1 aliphatic rings. The Morgan fingerprint density at radius 2 is 1.77 bits per heavy atom. The Labute approximate surface area is 234 Å². The van der Waals surface area contributed by atoms with E-state index in [1.54, 1.807) is 0 Å². The van der Waals surface area contributed by atoms with Gasteiger partial charge in [-0.2, -0.15) is 0 Å². The number of methoxy groups -OCH3 is 1. The predicted molar refractivity (Wildman–Crippen MR) is 160 cm³/mol. The van der Waals surface area contributed by atoms with E-state index in [0.717, 1.165) is 34.9 Å². The van der Waals surface area contributed by atoms with Gasteiger partial charge in [-0.1, -0.05) is 25.1 Å². The molecule has 200 valence electrons. The number of aryl methyl sites for hydroxylation is 2. The third-order valence-corrected chi connectivity index (χ3v) is 7.51. The number of rotatable bonds is 8. The topological polar surface area (TPSA) is 71.4 Å². The first kappa shape index (κ1) is 26.6. The minimum Gasteiger partial charge on any atom is -0.375 e. The number of nitrogens with one attached hydrogen (secondary N) is 2. The highest BCUT2D eigenvalue weighted by Gasteiger charge is 2.42. The maximum Gasteiger partial charge on any atom is 0.250 e. The van der Waals surface area contributed by atoms with Gasteiger partial charge in [0.2, 0.25) is 5.91 Å². The van der Waals surface area contributed by atoms with Crippen LogP contribution < -0.4 is 15.5 Å². The van der Waals surface area contributed by atoms with Gasteiger partial charge in [-0.25, -0.2) is 0 Å². The zero-order valence-corrected chi connectivity index (χ0v) is 23.5. The Kier molecular flexibility index (Phi) is 7.77. The van der Waals surface area contributed by atoms with Crippen molar-refractivity contribution >= 4 is 34.6 Å². The van der Waals surface area contributed by atoms with Crippen LogP contribution in [0.3, 0.4) is 0 Å². The molecular formula is C31H33N5O2S. The first-order valence-electron chi connectivity index (χ1n) is 13.1. The van der Waals surface area contributed by atoms with Crippen LogP contribution in [0.4, 0.5) is 11.4 Å². The van der Waals surface area contributed by atoms with E-state index in [2.05, 4.69) is 76.2 Å². The van der Waals surface area contributed by atoms with E-state index < -0.39 is 0 Å². The fraction of sp³-hybridized carbons (Fsp3) is 0.258. The molecule has 0 aliphatic carbocycles. The summed E-state index contributed by atoms with van der Waals surface area (Å²) in [6, 6.07) is 24.4. The van der Waals surface area contributed by atoms with Crippen molar-refractivity contribution in [3.8, 4) is 5.69 Å². The third-order valence-electron chi connectivity index (χ3n) is 7.19. The second kappa shape index (κ2) is 11.4. The SMILES string of the molecule is CCc1ccc(-n2c(C)cc([C@H]3[C@H](c4ccccn4)NC(=S)N3c3ccc(NC(=O)COC)cc3)c2C)cc1. The molecule has 0 saturated carbocycles. The fourth-order valence-corrected chi connectivity index (χ4v) is 5.69. The van der Waals surface area contributed by atoms with E-state index in [1.807, 2.05) is 48.7 Å². The summed E-state index contributed by atoms with van der Waals surface area (Å²) in [5, 5.41) is 7.02. The third kappa shape index (κ3) is 5.30. The van der Waals surface area contributed by atoms with Gasteiger partial charge in [0.1, 0.15) is 6.61 Å². The summed E-state index contributed by atoms with van der Waals surface area (Å²) in [5.74, 6) is -0.198. The molecule has 1 fully saturated rings. The molecule has 2 N–H and O–H groups in total. The molecule has 1 amide bonds. The summed E-state index contributed by atoms with van der Waals surface area (Å²) in [7, 11) is 1.50. The molecule has 2 aromatic carbocycles. The van der Waals surface area contributed by atoms with E-state index in [9.17, 15) is 4.79 Å². The van der Waals surface area contributed by atoms with Gasteiger partial charge in [-0.05, 0) is 98.2 Å².